The number of rotatable bonds is 26. The lowest BCUT2D eigenvalue weighted by Gasteiger charge is -2.13. The number of ether oxygens (including phenoxy) is 10. The van der Waals surface area contributed by atoms with Gasteiger partial charge in [0.1, 0.15) is 13.2 Å². The Bertz CT molecular complexity index is 499. The van der Waals surface area contributed by atoms with E-state index in [0.717, 1.165) is 0 Å². The summed E-state index contributed by atoms with van der Waals surface area (Å²) in [6.45, 7) is 8.30. The number of benzene rings is 1. The Morgan fingerprint density at radius 2 is 0.647 bits per heavy atom. The van der Waals surface area contributed by atoms with Crippen LogP contribution in [0.25, 0.3) is 0 Å². The second-order valence-electron chi connectivity index (χ2n) is 6.80. The molecule has 0 unspecified atom stereocenters. The summed E-state index contributed by atoms with van der Waals surface area (Å²) in [5.41, 5.74) is 0. The van der Waals surface area contributed by atoms with E-state index in [1.807, 2.05) is 24.3 Å². The van der Waals surface area contributed by atoms with E-state index in [4.69, 9.17) is 47.4 Å². The Morgan fingerprint density at radius 3 is 0.941 bits per heavy atom. The smallest absolute Gasteiger partial charge is 0.161 e. The van der Waals surface area contributed by atoms with Crippen LogP contribution >= 0.6 is 0 Å². The van der Waals surface area contributed by atoms with Crippen LogP contribution in [-0.2, 0) is 37.9 Å². The summed E-state index contributed by atoms with van der Waals surface area (Å²) in [5.74, 6) is 1.35. The molecule has 1 aromatic carbocycles. The highest BCUT2D eigenvalue weighted by Gasteiger charge is 2.04. The maximum Gasteiger partial charge on any atom is 0.161 e. The monoisotopic (exact) mass is 490 g/mol. The Morgan fingerprint density at radius 1 is 0.382 bits per heavy atom. The predicted octanol–water partition coefficient (Wildman–Crippen LogP) is 1.84. The molecule has 1 aromatic rings. The molecule has 0 atom stereocenters. The first kappa shape index (κ1) is 30.5. The molecule has 34 heavy (non-hydrogen) atoms. The molecule has 0 aliphatic carbocycles. The molecular formula is C24H42O10. The minimum Gasteiger partial charge on any atom is -0.487 e. The molecule has 0 saturated carbocycles. The Kier molecular flexibility index (Phi) is 22.1. The van der Waals surface area contributed by atoms with Crippen LogP contribution in [0.4, 0.5) is 0 Å². The highest BCUT2D eigenvalue weighted by molar-refractivity contribution is 5.39. The van der Waals surface area contributed by atoms with Crippen molar-refractivity contribution in [1.82, 2.24) is 0 Å². The van der Waals surface area contributed by atoms with E-state index in [1.54, 1.807) is 14.2 Å². The summed E-state index contributed by atoms with van der Waals surface area (Å²) >= 11 is 0. The first-order valence-corrected chi connectivity index (χ1v) is 11.7. The lowest BCUT2D eigenvalue weighted by atomic mass is 10.3. The van der Waals surface area contributed by atoms with Crippen LogP contribution in [-0.4, -0.2) is 120 Å². The van der Waals surface area contributed by atoms with Crippen LogP contribution in [0.2, 0.25) is 0 Å². The molecule has 0 radical (unpaired) electrons. The highest BCUT2D eigenvalue weighted by Crippen LogP contribution is 2.26. The molecule has 0 N–H and O–H groups in total. The third kappa shape index (κ3) is 18.9. The highest BCUT2D eigenvalue weighted by atomic mass is 16.6. The van der Waals surface area contributed by atoms with Crippen molar-refractivity contribution in [2.75, 3.05) is 120 Å². The molecule has 10 heteroatoms. The van der Waals surface area contributed by atoms with E-state index in [9.17, 15) is 0 Å². The van der Waals surface area contributed by atoms with E-state index in [0.29, 0.717) is 117 Å². The van der Waals surface area contributed by atoms with Gasteiger partial charge in [-0.3, -0.25) is 0 Å². The van der Waals surface area contributed by atoms with Gasteiger partial charge in [-0.1, -0.05) is 12.1 Å². The third-order valence-electron chi connectivity index (χ3n) is 4.17. The number of para-hydroxylation sites is 2. The van der Waals surface area contributed by atoms with Crippen LogP contribution in [0.3, 0.4) is 0 Å². The lowest BCUT2D eigenvalue weighted by molar-refractivity contribution is -0.000883. The normalized spacial score (nSPS) is 11.1. The fourth-order valence-electron chi connectivity index (χ4n) is 2.48. The summed E-state index contributed by atoms with van der Waals surface area (Å²) in [7, 11) is 3.29. The van der Waals surface area contributed by atoms with Crippen molar-refractivity contribution in [2.24, 2.45) is 0 Å². The Balaban J connectivity index is 1.96. The zero-order chi connectivity index (χ0) is 24.4. The van der Waals surface area contributed by atoms with E-state index in [-0.39, 0.29) is 0 Å². The first-order chi connectivity index (χ1) is 16.9. The van der Waals surface area contributed by atoms with Crippen molar-refractivity contribution < 1.29 is 47.4 Å². The van der Waals surface area contributed by atoms with Gasteiger partial charge in [-0.2, -0.15) is 0 Å². The second kappa shape index (κ2) is 24.6. The molecule has 0 aliphatic heterocycles. The van der Waals surface area contributed by atoms with Crippen LogP contribution in [0.1, 0.15) is 0 Å². The molecule has 0 spiro atoms. The van der Waals surface area contributed by atoms with Crippen molar-refractivity contribution in [2.45, 2.75) is 0 Å². The van der Waals surface area contributed by atoms with Crippen molar-refractivity contribution in [3.8, 4) is 11.5 Å². The van der Waals surface area contributed by atoms with E-state index in [1.165, 1.54) is 0 Å². The second-order valence-corrected chi connectivity index (χ2v) is 6.80. The van der Waals surface area contributed by atoms with E-state index in [2.05, 4.69) is 0 Å². The van der Waals surface area contributed by atoms with Crippen molar-refractivity contribution >= 4 is 0 Å². The lowest BCUT2D eigenvalue weighted by Crippen LogP contribution is -2.14. The fourth-order valence-corrected chi connectivity index (χ4v) is 2.48. The van der Waals surface area contributed by atoms with Gasteiger partial charge in [0.2, 0.25) is 0 Å². The van der Waals surface area contributed by atoms with Gasteiger partial charge in [0.15, 0.2) is 11.5 Å². The van der Waals surface area contributed by atoms with Gasteiger partial charge < -0.3 is 47.4 Å². The zero-order valence-electron chi connectivity index (χ0n) is 20.7. The van der Waals surface area contributed by atoms with Crippen LogP contribution in [0.5, 0.6) is 11.5 Å². The molecular weight excluding hydrogens is 448 g/mol. The summed E-state index contributed by atoms with van der Waals surface area (Å²) < 4.78 is 53.9. The largest absolute Gasteiger partial charge is 0.487 e. The SMILES string of the molecule is COCCOCCOCCOCCOc1ccccc1OCCOCCOCCOCCOC. The van der Waals surface area contributed by atoms with Crippen molar-refractivity contribution in [3.05, 3.63) is 24.3 Å². The van der Waals surface area contributed by atoms with Gasteiger partial charge in [0.25, 0.3) is 0 Å². The molecule has 0 fully saturated rings. The number of hydrogen-bond acceptors (Lipinski definition) is 10. The number of methoxy groups -OCH3 is 2. The van der Waals surface area contributed by atoms with Crippen LogP contribution in [0.15, 0.2) is 24.3 Å². The molecule has 0 saturated heterocycles. The molecule has 0 aliphatic rings. The maximum atomic E-state index is 5.77. The van der Waals surface area contributed by atoms with Crippen molar-refractivity contribution in [1.29, 1.82) is 0 Å². The molecule has 0 amide bonds. The molecule has 10 nitrogen and oxygen atoms in total. The van der Waals surface area contributed by atoms with Crippen LogP contribution in [0, 0.1) is 0 Å². The zero-order valence-corrected chi connectivity index (χ0v) is 20.7. The standard InChI is InChI=1S/C24H42O10/c1-25-7-9-27-11-13-29-15-17-31-19-21-33-23-5-3-4-6-24(23)34-22-20-32-18-16-30-14-12-28-10-8-26-2/h3-6H,7-22H2,1-2H3. The first-order valence-electron chi connectivity index (χ1n) is 11.7. The van der Waals surface area contributed by atoms with E-state index >= 15 is 0 Å². The van der Waals surface area contributed by atoms with Gasteiger partial charge in [-0.25, -0.2) is 0 Å². The van der Waals surface area contributed by atoms with Crippen molar-refractivity contribution in [3.63, 3.8) is 0 Å². The Hall–Kier alpha value is -1.50. The van der Waals surface area contributed by atoms with Gasteiger partial charge in [0, 0.05) is 14.2 Å². The summed E-state index contributed by atoms with van der Waals surface area (Å²) in [4.78, 5) is 0. The number of hydrogen-bond donors (Lipinski definition) is 0. The van der Waals surface area contributed by atoms with Gasteiger partial charge >= 0.3 is 0 Å². The fraction of sp³-hybridized carbons (Fsp3) is 0.750. The van der Waals surface area contributed by atoms with Crippen LogP contribution < -0.4 is 9.47 Å². The van der Waals surface area contributed by atoms with Gasteiger partial charge in [-0.05, 0) is 12.1 Å². The molecule has 198 valence electrons. The molecule has 1 rings (SSSR count). The average Bonchev–Trinajstić information content (AvgIpc) is 2.86. The van der Waals surface area contributed by atoms with E-state index < -0.39 is 0 Å². The van der Waals surface area contributed by atoms with Gasteiger partial charge in [-0.15, -0.1) is 0 Å². The maximum absolute atomic E-state index is 5.77. The summed E-state index contributed by atoms with van der Waals surface area (Å²) in [6.07, 6.45) is 0. The molecule has 0 aromatic heterocycles. The quantitative estimate of drug-likeness (QED) is 0.179. The molecule has 0 heterocycles. The predicted molar refractivity (Wildman–Crippen MR) is 126 cm³/mol. The minimum atomic E-state index is 0.420. The average molecular weight is 491 g/mol. The topological polar surface area (TPSA) is 92.3 Å². The summed E-state index contributed by atoms with van der Waals surface area (Å²) in [6, 6.07) is 7.54. The van der Waals surface area contributed by atoms with Gasteiger partial charge in [0.05, 0.1) is 92.5 Å². The Labute approximate surface area is 203 Å². The third-order valence-corrected chi connectivity index (χ3v) is 4.17. The molecule has 0 bridgehead atoms. The minimum absolute atomic E-state index is 0.420. The summed E-state index contributed by atoms with van der Waals surface area (Å²) in [5, 5.41) is 0.